The lowest BCUT2D eigenvalue weighted by Crippen LogP contribution is -2.33. The predicted molar refractivity (Wildman–Crippen MR) is 49.3 cm³/mol. The van der Waals surface area contributed by atoms with Crippen LogP contribution in [0, 0.1) is 5.92 Å². The first-order valence-electron chi connectivity index (χ1n) is 4.43. The molecule has 0 saturated carbocycles. The summed E-state index contributed by atoms with van der Waals surface area (Å²) in [6.07, 6.45) is 1.87. The van der Waals surface area contributed by atoms with Gasteiger partial charge in [-0.15, -0.1) is 0 Å². The van der Waals surface area contributed by atoms with Gasteiger partial charge in [0.25, 0.3) is 0 Å². The van der Waals surface area contributed by atoms with E-state index in [1.165, 1.54) is 11.9 Å². The van der Waals surface area contributed by atoms with Crippen molar-refractivity contribution in [2.45, 2.75) is 26.7 Å². The second-order valence-electron chi connectivity index (χ2n) is 3.57. The van der Waals surface area contributed by atoms with Crippen molar-refractivity contribution >= 4 is 11.9 Å². The summed E-state index contributed by atoms with van der Waals surface area (Å²) in [4.78, 5) is 22.3. The van der Waals surface area contributed by atoms with Gasteiger partial charge in [0.1, 0.15) is 0 Å². The van der Waals surface area contributed by atoms with Gasteiger partial charge in [0, 0.05) is 13.6 Å². The molecule has 0 aromatic carbocycles. The molecule has 0 fully saturated rings. The van der Waals surface area contributed by atoms with Gasteiger partial charge < -0.3 is 10.0 Å². The molecule has 0 aliphatic rings. The monoisotopic (exact) mass is 187 g/mol. The van der Waals surface area contributed by atoms with Gasteiger partial charge in [0.2, 0.25) is 0 Å². The number of hydrogen-bond acceptors (Lipinski definition) is 2. The fourth-order valence-corrected chi connectivity index (χ4v) is 1.00. The number of carbonyl (C=O) groups is 2. The Balaban J connectivity index is 3.68. The van der Waals surface area contributed by atoms with Crippen molar-refractivity contribution in [3.05, 3.63) is 0 Å². The molecule has 0 spiro atoms. The Hall–Kier alpha value is -1.06. The van der Waals surface area contributed by atoms with Crippen molar-refractivity contribution < 1.29 is 14.7 Å². The van der Waals surface area contributed by atoms with Crippen LogP contribution in [0.25, 0.3) is 0 Å². The van der Waals surface area contributed by atoms with Crippen LogP contribution >= 0.6 is 0 Å². The van der Waals surface area contributed by atoms with Crippen molar-refractivity contribution in [1.82, 2.24) is 4.90 Å². The molecule has 0 rings (SSSR count). The average Bonchev–Trinajstić information content (AvgIpc) is 2.02. The predicted octanol–water partition coefficient (Wildman–Crippen LogP) is 0.966. The van der Waals surface area contributed by atoms with Crippen LogP contribution in [0.1, 0.15) is 26.7 Å². The van der Waals surface area contributed by atoms with Gasteiger partial charge in [0.05, 0.1) is 0 Å². The summed E-state index contributed by atoms with van der Waals surface area (Å²) in [5, 5.41) is 8.37. The molecule has 1 amide bonds. The molecule has 0 heterocycles. The number of carboxylic acids is 1. The van der Waals surface area contributed by atoms with Gasteiger partial charge in [-0.1, -0.05) is 13.8 Å². The van der Waals surface area contributed by atoms with E-state index in [-0.39, 0.29) is 0 Å². The maximum absolute atomic E-state index is 10.8. The van der Waals surface area contributed by atoms with Crippen LogP contribution in [-0.2, 0) is 9.59 Å². The second kappa shape index (κ2) is 5.56. The lowest BCUT2D eigenvalue weighted by Gasteiger charge is -2.14. The van der Waals surface area contributed by atoms with Crippen molar-refractivity contribution in [3.8, 4) is 0 Å². The number of hydrogen-bond donors (Lipinski definition) is 1. The third kappa shape index (κ3) is 5.22. The number of likely N-dealkylation sites (N-methyl/N-ethyl adjacent to an activating group) is 1. The summed E-state index contributed by atoms with van der Waals surface area (Å²) in [6.45, 7) is 4.71. The van der Waals surface area contributed by atoms with Gasteiger partial charge in [-0.25, -0.2) is 4.79 Å². The summed E-state index contributed by atoms with van der Waals surface area (Å²) in [6, 6.07) is 0. The first kappa shape index (κ1) is 11.9. The SMILES string of the molecule is CC(C)CCCN(C)C(=O)C(=O)O. The van der Waals surface area contributed by atoms with Crippen LogP contribution in [0.2, 0.25) is 0 Å². The molecule has 0 radical (unpaired) electrons. The fraction of sp³-hybridized carbons (Fsp3) is 0.778. The topological polar surface area (TPSA) is 57.6 Å². The lowest BCUT2D eigenvalue weighted by molar-refractivity contribution is -0.155. The Morgan fingerprint density at radius 1 is 1.38 bits per heavy atom. The van der Waals surface area contributed by atoms with E-state index in [1.54, 1.807) is 0 Å². The minimum absolute atomic E-state index is 0.517. The van der Waals surface area contributed by atoms with E-state index >= 15 is 0 Å². The molecule has 0 saturated heterocycles. The zero-order chi connectivity index (χ0) is 10.4. The highest BCUT2D eigenvalue weighted by Crippen LogP contribution is 2.03. The summed E-state index contributed by atoms with van der Waals surface area (Å²) >= 11 is 0. The van der Waals surface area contributed by atoms with Crippen LogP contribution in [0.3, 0.4) is 0 Å². The number of amides is 1. The molecule has 0 aromatic heterocycles. The molecule has 0 bridgehead atoms. The molecular formula is C9H17NO3. The Morgan fingerprint density at radius 3 is 2.31 bits per heavy atom. The first-order chi connectivity index (χ1) is 5.95. The largest absolute Gasteiger partial charge is 0.474 e. The maximum atomic E-state index is 10.8. The lowest BCUT2D eigenvalue weighted by atomic mass is 10.1. The summed E-state index contributed by atoms with van der Waals surface area (Å²) < 4.78 is 0. The molecule has 4 nitrogen and oxygen atoms in total. The highest BCUT2D eigenvalue weighted by Gasteiger charge is 2.16. The zero-order valence-corrected chi connectivity index (χ0v) is 8.41. The van der Waals surface area contributed by atoms with Crippen molar-refractivity contribution in [2.75, 3.05) is 13.6 Å². The second-order valence-corrected chi connectivity index (χ2v) is 3.57. The highest BCUT2D eigenvalue weighted by molar-refractivity contribution is 6.31. The van der Waals surface area contributed by atoms with Crippen molar-refractivity contribution in [2.24, 2.45) is 5.92 Å². The van der Waals surface area contributed by atoms with Crippen LogP contribution in [-0.4, -0.2) is 35.5 Å². The van der Waals surface area contributed by atoms with Crippen molar-refractivity contribution in [3.63, 3.8) is 0 Å². The summed E-state index contributed by atoms with van der Waals surface area (Å²) in [5.41, 5.74) is 0. The Bertz CT molecular complexity index is 189. The number of carbonyl (C=O) groups excluding carboxylic acids is 1. The quantitative estimate of drug-likeness (QED) is 0.667. The minimum Gasteiger partial charge on any atom is -0.474 e. The molecular weight excluding hydrogens is 170 g/mol. The van der Waals surface area contributed by atoms with E-state index < -0.39 is 11.9 Å². The third-order valence-corrected chi connectivity index (χ3v) is 1.80. The maximum Gasteiger partial charge on any atom is 0.394 e. The van der Waals surface area contributed by atoms with Gasteiger partial charge in [-0.05, 0) is 18.8 Å². The molecule has 4 heteroatoms. The van der Waals surface area contributed by atoms with Gasteiger partial charge in [-0.2, -0.15) is 0 Å². The van der Waals surface area contributed by atoms with E-state index in [0.717, 1.165) is 12.8 Å². The van der Waals surface area contributed by atoms with E-state index in [4.69, 9.17) is 5.11 Å². The molecule has 0 aliphatic heterocycles. The Labute approximate surface area is 78.5 Å². The third-order valence-electron chi connectivity index (χ3n) is 1.80. The van der Waals surface area contributed by atoms with Gasteiger partial charge in [0.15, 0.2) is 0 Å². The minimum atomic E-state index is -1.38. The highest BCUT2D eigenvalue weighted by atomic mass is 16.4. The number of aliphatic carboxylic acids is 1. The van der Waals surface area contributed by atoms with E-state index in [1.807, 2.05) is 0 Å². The van der Waals surface area contributed by atoms with Gasteiger partial charge in [-0.3, -0.25) is 4.79 Å². The summed E-state index contributed by atoms with van der Waals surface area (Å²) in [7, 11) is 1.51. The van der Waals surface area contributed by atoms with E-state index in [2.05, 4.69) is 13.8 Å². The van der Waals surface area contributed by atoms with Gasteiger partial charge >= 0.3 is 11.9 Å². The number of rotatable bonds is 4. The molecule has 0 atom stereocenters. The molecule has 1 N–H and O–H groups in total. The van der Waals surface area contributed by atoms with Crippen molar-refractivity contribution in [1.29, 1.82) is 0 Å². The van der Waals surface area contributed by atoms with Crippen LogP contribution in [0.5, 0.6) is 0 Å². The normalized spacial score (nSPS) is 10.2. The van der Waals surface area contributed by atoms with Crippen LogP contribution < -0.4 is 0 Å². The molecule has 13 heavy (non-hydrogen) atoms. The fourth-order valence-electron chi connectivity index (χ4n) is 1.00. The molecule has 76 valence electrons. The average molecular weight is 187 g/mol. The van der Waals surface area contributed by atoms with Crippen LogP contribution in [0.4, 0.5) is 0 Å². The molecule has 0 unspecified atom stereocenters. The zero-order valence-electron chi connectivity index (χ0n) is 8.41. The number of nitrogens with zero attached hydrogens (tertiary/aromatic N) is 1. The standard InChI is InChI=1S/C9H17NO3/c1-7(2)5-4-6-10(3)8(11)9(12)13/h7H,4-6H2,1-3H3,(H,12,13). The number of carboxylic acid groups (broad SMARTS) is 1. The Kier molecular flexibility index (Phi) is 5.11. The molecule has 0 aliphatic carbocycles. The Morgan fingerprint density at radius 2 is 1.92 bits per heavy atom. The molecule has 0 aromatic rings. The summed E-state index contributed by atoms with van der Waals surface area (Å²) in [5.74, 6) is -1.62. The smallest absolute Gasteiger partial charge is 0.394 e. The van der Waals surface area contributed by atoms with E-state index in [0.29, 0.717) is 12.5 Å². The first-order valence-corrected chi connectivity index (χ1v) is 4.43. The van der Waals surface area contributed by atoms with E-state index in [9.17, 15) is 9.59 Å². The van der Waals surface area contributed by atoms with Crippen LogP contribution in [0.15, 0.2) is 0 Å².